The van der Waals surface area contributed by atoms with Crippen LogP contribution in [0.2, 0.25) is 0 Å². The fourth-order valence-electron chi connectivity index (χ4n) is 0.984. The average Bonchev–Trinajstić information content (AvgIpc) is 2.48. The molecule has 0 saturated heterocycles. The predicted molar refractivity (Wildman–Crippen MR) is 42.8 cm³/mol. The van der Waals surface area contributed by atoms with E-state index in [1.54, 1.807) is 0 Å². The molecule has 1 aromatic rings. The first kappa shape index (κ1) is 10.5. The van der Waals surface area contributed by atoms with Crippen molar-refractivity contribution in [2.45, 2.75) is 12.7 Å². The van der Waals surface area contributed by atoms with Crippen LogP contribution in [0, 0.1) is 0 Å². The molecule has 0 aliphatic carbocycles. The summed E-state index contributed by atoms with van der Waals surface area (Å²) in [5, 5.41) is 3.44. The third-order valence-electron chi connectivity index (χ3n) is 1.51. The molecule has 1 rings (SSSR count). The van der Waals surface area contributed by atoms with Crippen LogP contribution in [-0.2, 0) is 12.7 Å². The predicted octanol–water partition coefficient (Wildman–Crippen LogP) is 1.90. The van der Waals surface area contributed by atoms with Gasteiger partial charge < -0.3 is 0 Å². The second kappa shape index (κ2) is 3.65. The van der Waals surface area contributed by atoms with Gasteiger partial charge in [-0.2, -0.15) is 18.3 Å². The van der Waals surface area contributed by atoms with E-state index in [0.717, 1.165) is 0 Å². The number of halogens is 3. The van der Waals surface area contributed by atoms with Gasteiger partial charge >= 0.3 is 6.18 Å². The molecule has 0 bridgehead atoms. The Kier molecular flexibility index (Phi) is 2.73. The summed E-state index contributed by atoms with van der Waals surface area (Å²) in [7, 11) is 0. The van der Waals surface area contributed by atoms with E-state index < -0.39 is 11.9 Å². The summed E-state index contributed by atoms with van der Waals surface area (Å²) in [5.74, 6) is 0. The Hall–Kier alpha value is -1.59. The lowest BCUT2D eigenvalue weighted by Gasteiger charge is -2.07. The van der Waals surface area contributed by atoms with Crippen molar-refractivity contribution in [3.05, 3.63) is 30.1 Å². The second-order valence-corrected chi connectivity index (χ2v) is 2.54. The van der Waals surface area contributed by atoms with Gasteiger partial charge in [0.1, 0.15) is 11.4 Å². The van der Waals surface area contributed by atoms with Crippen LogP contribution in [0.4, 0.5) is 13.2 Å². The maximum atomic E-state index is 12.3. The molecule has 0 amide bonds. The smallest absolute Gasteiger partial charge is 0.296 e. The van der Waals surface area contributed by atoms with Crippen molar-refractivity contribution in [3.8, 4) is 0 Å². The standard InChI is InChI=1S/C8H7F3N2O/c1-2-3-13-7(8(9,10)11)4-6(5-14)12-13/h2,4-5H,1,3H2. The Labute approximate surface area is 77.8 Å². The van der Waals surface area contributed by atoms with Crippen LogP contribution < -0.4 is 0 Å². The number of allylic oxidation sites excluding steroid dienone is 1. The molecule has 6 heteroatoms. The number of aldehydes is 1. The van der Waals surface area contributed by atoms with E-state index in [-0.39, 0.29) is 18.5 Å². The van der Waals surface area contributed by atoms with Crippen LogP contribution in [0.5, 0.6) is 0 Å². The van der Waals surface area contributed by atoms with E-state index in [1.807, 2.05) is 0 Å². The van der Waals surface area contributed by atoms with Gasteiger partial charge in [0.15, 0.2) is 6.29 Å². The molecule has 0 saturated carbocycles. The monoisotopic (exact) mass is 204 g/mol. The summed E-state index contributed by atoms with van der Waals surface area (Å²) in [5.41, 5.74) is -1.18. The van der Waals surface area contributed by atoms with Gasteiger partial charge in [0.2, 0.25) is 0 Å². The van der Waals surface area contributed by atoms with Gasteiger partial charge in [0, 0.05) is 0 Å². The van der Waals surface area contributed by atoms with E-state index in [1.165, 1.54) is 6.08 Å². The Morgan fingerprint density at radius 3 is 2.64 bits per heavy atom. The van der Waals surface area contributed by atoms with Crippen molar-refractivity contribution >= 4 is 6.29 Å². The lowest BCUT2D eigenvalue weighted by atomic mass is 10.3. The molecule has 0 aliphatic heterocycles. The highest BCUT2D eigenvalue weighted by molar-refractivity contribution is 5.71. The number of rotatable bonds is 3. The molecular weight excluding hydrogens is 197 g/mol. The molecule has 0 aliphatic rings. The Balaban J connectivity index is 3.18. The van der Waals surface area contributed by atoms with Crippen LogP contribution in [0.3, 0.4) is 0 Å². The molecule has 0 spiro atoms. The van der Waals surface area contributed by atoms with Crippen molar-refractivity contribution in [2.75, 3.05) is 0 Å². The fraction of sp³-hybridized carbons (Fsp3) is 0.250. The van der Waals surface area contributed by atoms with Gasteiger partial charge in [0.05, 0.1) is 6.54 Å². The summed E-state index contributed by atoms with van der Waals surface area (Å²) >= 11 is 0. The average molecular weight is 204 g/mol. The largest absolute Gasteiger partial charge is 0.433 e. The number of nitrogens with zero attached hydrogens (tertiary/aromatic N) is 2. The summed E-state index contributed by atoms with van der Waals surface area (Å²) in [6.45, 7) is 3.22. The first-order valence-corrected chi connectivity index (χ1v) is 3.70. The number of carbonyl (C=O) groups is 1. The highest BCUT2D eigenvalue weighted by Crippen LogP contribution is 2.29. The van der Waals surface area contributed by atoms with Crippen LogP contribution in [0.15, 0.2) is 18.7 Å². The molecular formula is C8H7F3N2O. The lowest BCUT2D eigenvalue weighted by Crippen LogP contribution is -2.13. The molecule has 0 N–H and O–H groups in total. The van der Waals surface area contributed by atoms with Crippen LogP contribution >= 0.6 is 0 Å². The zero-order chi connectivity index (χ0) is 10.8. The normalized spacial score (nSPS) is 11.4. The Morgan fingerprint density at radius 2 is 2.21 bits per heavy atom. The minimum absolute atomic E-state index is 0.0807. The lowest BCUT2D eigenvalue weighted by molar-refractivity contribution is -0.144. The maximum absolute atomic E-state index is 12.3. The Morgan fingerprint density at radius 1 is 1.57 bits per heavy atom. The molecule has 0 fully saturated rings. The number of carbonyl (C=O) groups excluding carboxylic acids is 1. The van der Waals surface area contributed by atoms with E-state index >= 15 is 0 Å². The minimum Gasteiger partial charge on any atom is -0.296 e. The molecule has 14 heavy (non-hydrogen) atoms. The van der Waals surface area contributed by atoms with E-state index in [9.17, 15) is 18.0 Å². The van der Waals surface area contributed by atoms with Crippen molar-refractivity contribution in [1.29, 1.82) is 0 Å². The fourth-order valence-corrected chi connectivity index (χ4v) is 0.984. The molecule has 0 aromatic carbocycles. The Bertz CT molecular complexity index is 354. The maximum Gasteiger partial charge on any atom is 0.433 e. The second-order valence-electron chi connectivity index (χ2n) is 2.54. The molecule has 0 unspecified atom stereocenters. The van der Waals surface area contributed by atoms with Gasteiger partial charge in [-0.05, 0) is 6.07 Å². The van der Waals surface area contributed by atoms with Crippen LogP contribution in [-0.4, -0.2) is 16.1 Å². The number of hydrogen-bond acceptors (Lipinski definition) is 2. The van der Waals surface area contributed by atoms with Gasteiger partial charge in [-0.25, -0.2) is 0 Å². The quantitative estimate of drug-likeness (QED) is 0.556. The highest BCUT2D eigenvalue weighted by Gasteiger charge is 2.35. The zero-order valence-electron chi connectivity index (χ0n) is 7.08. The molecule has 3 nitrogen and oxygen atoms in total. The summed E-state index contributed by atoms with van der Waals surface area (Å²) in [6, 6.07) is 0.705. The molecule has 0 atom stereocenters. The van der Waals surface area contributed by atoms with Gasteiger partial charge in [-0.15, -0.1) is 6.58 Å². The summed E-state index contributed by atoms with van der Waals surface area (Å²) < 4.78 is 37.6. The third kappa shape index (κ3) is 2.01. The highest BCUT2D eigenvalue weighted by atomic mass is 19.4. The van der Waals surface area contributed by atoms with Gasteiger partial charge in [0.25, 0.3) is 0 Å². The van der Waals surface area contributed by atoms with Gasteiger partial charge in [-0.1, -0.05) is 6.08 Å². The first-order valence-electron chi connectivity index (χ1n) is 3.70. The zero-order valence-corrected chi connectivity index (χ0v) is 7.08. The van der Waals surface area contributed by atoms with Crippen LogP contribution in [0.25, 0.3) is 0 Å². The SMILES string of the molecule is C=CCn1nc(C=O)cc1C(F)(F)F. The van der Waals surface area contributed by atoms with Crippen molar-refractivity contribution in [1.82, 2.24) is 9.78 Å². The molecule has 0 radical (unpaired) electrons. The first-order chi connectivity index (χ1) is 6.49. The van der Waals surface area contributed by atoms with Gasteiger partial charge in [-0.3, -0.25) is 9.48 Å². The summed E-state index contributed by atoms with van der Waals surface area (Å²) in [6.07, 6.45) is -2.96. The van der Waals surface area contributed by atoms with Crippen LogP contribution in [0.1, 0.15) is 16.2 Å². The van der Waals surface area contributed by atoms with E-state index in [2.05, 4.69) is 11.7 Å². The number of alkyl halides is 3. The minimum atomic E-state index is -4.50. The van der Waals surface area contributed by atoms with E-state index in [0.29, 0.717) is 10.7 Å². The van der Waals surface area contributed by atoms with Crippen molar-refractivity contribution in [2.24, 2.45) is 0 Å². The van der Waals surface area contributed by atoms with Crippen molar-refractivity contribution < 1.29 is 18.0 Å². The van der Waals surface area contributed by atoms with E-state index in [4.69, 9.17) is 0 Å². The number of aromatic nitrogens is 2. The molecule has 1 aromatic heterocycles. The molecule has 1 heterocycles. The summed E-state index contributed by atoms with van der Waals surface area (Å²) in [4.78, 5) is 10.2. The topological polar surface area (TPSA) is 34.9 Å². The number of hydrogen-bond donors (Lipinski definition) is 0. The van der Waals surface area contributed by atoms with Crippen molar-refractivity contribution in [3.63, 3.8) is 0 Å². The third-order valence-corrected chi connectivity index (χ3v) is 1.51. The molecule has 76 valence electrons.